The molecule has 1 aromatic heterocycles. The predicted octanol–water partition coefficient (Wildman–Crippen LogP) is 2.51. The lowest BCUT2D eigenvalue weighted by atomic mass is 9.85. The van der Waals surface area contributed by atoms with Crippen molar-refractivity contribution < 1.29 is 9.47 Å². The maximum absolute atomic E-state index is 6.06. The second-order valence-corrected chi connectivity index (χ2v) is 4.95. The Morgan fingerprint density at radius 1 is 1.14 bits per heavy atom. The van der Waals surface area contributed by atoms with Crippen LogP contribution in [0.25, 0.3) is 0 Å². The number of benzene rings is 1. The minimum absolute atomic E-state index is 0.0313. The number of nitrogens with one attached hydrogen (secondary N) is 1. The first kappa shape index (κ1) is 13.8. The molecule has 0 saturated heterocycles. The molecule has 1 aromatic carbocycles. The van der Waals surface area contributed by atoms with Crippen molar-refractivity contribution in [2.45, 2.75) is 31.6 Å². The number of para-hydroxylation sites is 1. The number of ether oxygens (including phenoxy) is 2. The monoisotopic (exact) mass is 285 g/mol. The second kappa shape index (κ2) is 6.54. The third kappa shape index (κ3) is 3.31. The quantitative estimate of drug-likeness (QED) is 0.883. The van der Waals surface area contributed by atoms with E-state index in [1.807, 2.05) is 37.3 Å². The highest BCUT2D eigenvalue weighted by Gasteiger charge is 2.44. The van der Waals surface area contributed by atoms with Gasteiger partial charge in [-0.2, -0.15) is 0 Å². The fourth-order valence-corrected chi connectivity index (χ4v) is 2.45. The van der Waals surface area contributed by atoms with E-state index in [1.54, 1.807) is 18.5 Å². The molecule has 5 heteroatoms. The van der Waals surface area contributed by atoms with Crippen LogP contribution in [0.5, 0.6) is 5.75 Å². The molecule has 1 saturated carbocycles. The van der Waals surface area contributed by atoms with Gasteiger partial charge in [-0.25, -0.2) is 9.97 Å². The lowest BCUT2D eigenvalue weighted by molar-refractivity contribution is -0.0882. The van der Waals surface area contributed by atoms with Crippen molar-refractivity contribution in [3.05, 3.63) is 48.8 Å². The zero-order chi connectivity index (χ0) is 14.5. The van der Waals surface area contributed by atoms with Gasteiger partial charge in [0.2, 0.25) is 5.95 Å². The van der Waals surface area contributed by atoms with Crippen molar-refractivity contribution in [3.8, 4) is 5.75 Å². The molecule has 0 unspecified atom stereocenters. The molecule has 0 amide bonds. The Balaban J connectivity index is 1.66. The van der Waals surface area contributed by atoms with E-state index < -0.39 is 0 Å². The van der Waals surface area contributed by atoms with Crippen LogP contribution in [0.4, 0.5) is 5.95 Å². The molecular formula is C16H19N3O2. The lowest BCUT2D eigenvalue weighted by Gasteiger charge is -2.43. The Hall–Kier alpha value is -2.14. The largest absolute Gasteiger partial charge is 0.486 e. The zero-order valence-electron chi connectivity index (χ0n) is 12.0. The van der Waals surface area contributed by atoms with E-state index in [0.717, 1.165) is 12.2 Å². The Kier molecular flexibility index (Phi) is 4.31. The van der Waals surface area contributed by atoms with Crippen LogP contribution in [0.15, 0.2) is 48.8 Å². The number of hydrogen-bond acceptors (Lipinski definition) is 5. The van der Waals surface area contributed by atoms with Crippen LogP contribution in [0, 0.1) is 0 Å². The SMILES string of the molecule is CCO[C@@H]1C[C@@H](Nc2ncccn2)[C@H]1Oc1ccccc1. The summed E-state index contributed by atoms with van der Waals surface area (Å²) in [5, 5.41) is 3.31. The summed E-state index contributed by atoms with van der Waals surface area (Å²) in [7, 11) is 0. The summed E-state index contributed by atoms with van der Waals surface area (Å²) in [6.45, 7) is 2.69. The van der Waals surface area contributed by atoms with E-state index in [0.29, 0.717) is 12.6 Å². The van der Waals surface area contributed by atoms with Crippen molar-refractivity contribution in [1.29, 1.82) is 0 Å². The van der Waals surface area contributed by atoms with Gasteiger partial charge in [0.25, 0.3) is 0 Å². The molecule has 21 heavy (non-hydrogen) atoms. The molecule has 1 fully saturated rings. The van der Waals surface area contributed by atoms with Gasteiger partial charge in [-0.3, -0.25) is 0 Å². The summed E-state index contributed by atoms with van der Waals surface area (Å²) in [6, 6.07) is 11.8. The number of nitrogens with zero attached hydrogens (tertiary/aromatic N) is 2. The van der Waals surface area contributed by atoms with Gasteiger partial charge in [-0.15, -0.1) is 0 Å². The molecule has 2 aromatic rings. The van der Waals surface area contributed by atoms with Gasteiger partial charge >= 0.3 is 0 Å². The summed E-state index contributed by atoms with van der Waals surface area (Å²) < 4.78 is 11.8. The highest BCUT2D eigenvalue weighted by molar-refractivity contribution is 5.29. The molecule has 0 bridgehead atoms. The Bertz CT molecular complexity index is 550. The van der Waals surface area contributed by atoms with Crippen molar-refractivity contribution in [3.63, 3.8) is 0 Å². The van der Waals surface area contributed by atoms with Crippen LogP contribution in [0.3, 0.4) is 0 Å². The van der Waals surface area contributed by atoms with Gasteiger partial charge in [-0.1, -0.05) is 18.2 Å². The number of anilines is 1. The molecule has 1 N–H and O–H groups in total. The van der Waals surface area contributed by atoms with Crippen LogP contribution < -0.4 is 10.1 Å². The smallest absolute Gasteiger partial charge is 0.222 e. The van der Waals surface area contributed by atoms with Crippen molar-refractivity contribution >= 4 is 5.95 Å². The molecule has 0 radical (unpaired) electrons. The fraction of sp³-hybridized carbons (Fsp3) is 0.375. The molecule has 1 aliphatic carbocycles. The third-order valence-corrected chi connectivity index (χ3v) is 3.53. The fourth-order valence-electron chi connectivity index (χ4n) is 2.45. The van der Waals surface area contributed by atoms with Gasteiger partial charge in [0.15, 0.2) is 0 Å². The molecule has 1 heterocycles. The summed E-state index contributed by atoms with van der Waals surface area (Å²) in [5.41, 5.74) is 0. The standard InChI is InChI=1S/C16H19N3O2/c1-2-20-14-11-13(19-16-17-9-6-10-18-16)15(14)21-12-7-4-3-5-8-12/h3-10,13-15H,2,11H2,1H3,(H,17,18,19)/t13-,14-,15-/m1/s1. The van der Waals surface area contributed by atoms with E-state index in [4.69, 9.17) is 9.47 Å². The summed E-state index contributed by atoms with van der Waals surface area (Å²) >= 11 is 0. The van der Waals surface area contributed by atoms with Crippen molar-refractivity contribution in [2.24, 2.45) is 0 Å². The average molecular weight is 285 g/mol. The summed E-state index contributed by atoms with van der Waals surface area (Å²) in [4.78, 5) is 8.39. The summed E-state index contributed by atoms with van der Waals surface area (Å²) in [6.07, 6.45) is 4.42. The molecule has 1 aliphatic rings. The first-order chi connectivity index (χ1) is 10.4. The molecule has 0 aliphatic heterocycles. The van der Waals surface area contributed by atoms with Crippen LogP contribution in [-0.2, 0) is 4.74 Å². The second-order valence-electron chi connectivity index (χ2n) is 4.95. The Labute approximate surface area is 124 Å². The van der Waals surface area contributed by atoms with Gasteiger partial charge in [0.1, 0.15) is 11.9 Å². The average Bonchev–Trinajstić information content (AvgIpc) is 2.54. The zero-order valence-corrected chi connectivity index (χ0v) is 12.0. The van der Waals surface area contributed by atoms with E-state index >= 15 is 0 Å². The van der Waals surface area contributed by atoms with E-state index in [2.05, 4.69) is 15.3 Å². The lowest BCUT2D eigenvalue weighted by Crippen LogP contribution is -2.59. The maximum Gasteiger partial charge on any atom is 0.222 e. The van der Waals surface area contributed by atoms with Crippen LogP contribution >= 0.6 is 0 Å². The van der Waals surface area contributed by atoms with Crippen molar-refractivity contribution in [1.82, 2.24) is 9.97 Å². The Morgan fingerprint density at radius 3 is 2.62 bits per heavy atom. The minimum Gasteiger partial charge on any atom is -0.486 e. The molecule has 110 valence electrons. The number of hydrogen-bond donors (Lipinski definition) is 1. The van der Waals surface area contributed by atoms with Gasteiger partial charge in [0, 0.05) is 25.4 Å². The molecule has 5 nitrogen and oxygen atoms in total. The molecule has 3 rings (SSSR count). The topological polar surface area (TPSA) is 56.3 Å². The van der Waals surface area contributed by atoms with Gasteiger partial charge in [0.05, 0.1) is 12.1 Å². The first-order valence-electron chi connectivity index (χ1n) is 7.23. The molecule has 3 atom stereocenters. The van der Waals surface area contributed by atoms with E-state index in [1.165, 1.54) is 0 Å². The third-order valence-electron chi connectivity index (χ3n) is 3.53. The van der Waals surface area contributed by atoms with E-state index in [9.17, 15) is 0 Å². The highest BCUT2D eigenvalue weighted by Crippen LogP contribution is 2.30. The van der Waals surface area contributed by atoms with Gasteiger partial charge in [-0.05, 0) is 25.1 Å². The first-order valence-corrected chi connectivity index (χ1v) is 7.23. The summed E-state index contributed by atoms with van der Waals surface area (Å²) in [5.74, 6) is 1.48. The van der Waals surface area contributed by atoms with Crippen molar-refractivity contribution in [2.75, 3.05) is 11.9 Å². The molecular weight excluding hydrogens is 266 g/mol. The van der Waals surface area contributed by atoms with Crippen LogP contribution in [0.1, 0.15) is 13.3 Å². The molecule has 0 spiro atoms. The number of rotatable bonds is 6. The highest BCUT2D eigenvalue weighted by atomic mass is 16.5. The number of aromatic nitrogens is 2. The van der Waals surface area contributed by atoms with Crippen LogP contribution in [0.2, 0.25) is 0 Å². The van der Waals surface area contributed by atoms with E-state index in [-0.39, 0.29) is 18.2 Å². The maximum atomic E-state index is 6.06. The predicted molar refractivity (Wildman–Crippen MR) is 80.3 cm³/mol. The Morgan fingerprint density at radius 2 is 1.90 bits per heavy atom. The van der Waals surface area contributed by atoms with Crippen LogP contribution in [-0.4, -0.2) is 34.8 Å². The van der Waals surface area contributed by atoms with Gasteiger partial charge < -0.3 is 14.8 Å². The normalized spacial score (nSPS) is 24.1. The minimum atomic E-state index is -0.0313.